The summed E-state index contributed by atoms with van der Waals surface area (Å²) >= 11 is 12.0. The van der Waals surface area contributed by atoms with Gasteiger partial charge in [0.15, 0.2) is 0 Å². The Morgan fingerprint density at radius 3 is 2.24 bits per heavy atom. The molecule has 0 saturated carbocycles. The summed E-state index contributed by atoms with van der Waals surface area (Å²) in [5.41, 5.74) is 9.11. The molecular formula is C13H12Cl2N2. The van der Waals surface area contributed by atoms with Crippen molar-refractivity contribution in [3.05, 3.63) is 52.0 Å². The maximum Gasteiger partial charge on any atom is 0.0742 e. The topological polar surface area (TPSA) is 38.0 Å². The maximum atomic E-state index is 6.05. The van der Waals surface area contributed by atoms with E-state index in [1.807, 2.05) is 37.3 Å². The standard InChI is InChI=1S/C13H12Cl2N2/c1-8-9(14)4-2-6-11(8)17-12-7-3-5-10(15)13(12)16/h2-7,17H,16H2,1H3. The quantitative estimate of drug-likeness (QED) is 0.778. The SMILES string of the molecule is Cc1c(Cl)cccc1Nc1cccc(Cl)c1N. The summed E-state index contributed by atoms with van der Waals surface area (Å²) in [5, 5.41) is 4.48. The fraction of sp³-hybridized carbons (Fsp3) is 0.0769. The third kappa shape index (κ3) is 2.48. The molecule has 2 aromatic carbocycles. The van der Waals surface area contributed by atoms with E-state index in [2.05, 4.69) is 5.32 Å². The van der Waals surface area contributed by atoms with Crippen LogP contribution < -0.4 is 11.1 Å². The van der Waals surface area contributed by atoms with Gasteiger partial charge in [-0.3, -0.25) is 0 Å². The number of halogens is 2. The highest BCUT2D eigenvalue weighted by Gasteiger charge is 2.06. The summed E-state index contributed by atoms with van der Waals surface area (Å²) in [6, 6.07) is 11.2. The molecule has 88 valence electrons. The van der Waals surface area contributed by atoms with Gasteiger partial charge in [0, 0.05) is 10.7 Å². The largest absolute Gasteiger partial charge is 0.396 e. The first-order valence-electron chi connectivity index (χ1n) is 5.15. The third-order valence-corrected chi connectivity index (χ3v) is 3.33. The Bertz CT molecular complexity index is 504. The third-order valence-electron chi connectivity index (χ3n) is 2.59. The highest BCUT2D eigenvalue weighted by Crippen LogP contribution is 2.32. The molecule has 0 atom stereocenters. The predicted octanol–water partition coefficient (Wildman–Crippen LogP) is 4.63. The summed E-state index contributed by atoms with van der Waals surface area (Å²) in [6.07, 6.45) is 0. The van der Waals surface area contributed by atoms with Gasteiger partial charge in [0.2, 0.25) is 0 Å². The molecule has 0 fully saturated rings. The molecule has 4 heteroatoms. The minimum absolute atomic E-state index is 0.536. The molecule has 0 amide bonds. The van der Waals surface area contributed by atoms with Crippen LogP contribution in [0, 0.1) is 6.92 Å². The summed E-state index contributed by atoms with van der Waals surface area (Å²) < 4.78 is 0. The van der Waals surface area contributed by atoms with Crippen molar-refractivity contribution in [1.82, 2.24) is 0 Å². The average Bonchev–Trinajstić information content (AvgIpc) is 2.31. The van der Waals surface area contributed by atoms with Crippen molar-refractivity contribution >= 4 is 40.3 Å². The molecule has 2 nitrogen and oxygen atoms in total. The van der Waals surface area contributed by atoms with E-state index in [-0.39, 0.29) is 0 Å². The Morgan fingerprint density at radius 1 is 0.941 bits per heavy atom. The molecule has 0 aliphatic rings. The van der Waals surface area contributed by atoms with Crippen molar-refractivity contribution < 1.29 is 0 Å². The van der Waals surface area contributed by atoms with Crippen molar-refractivity contribution in [1.29, 1.82) is 0 Å². The lowest BCUT2D eigenvalue weighted by Crippen LogP contribution is -1.98. The van der Waals surface area contributed by atoms with Crippen molar-refractivity contribution in [2.45, 2.75) is 6.92 Å². The Balaban J connectivity index is 2.38. The van der Waals surface area contributed by atoms with Crippen molar-refractivity contribution in [3.63, 3.8) is 0 Å². The van der Waals surface area contributed by atoms with Crippen LogP contribution in [0.25, 0.3) is 0 Å². The number of rotatable bonds is 2. The number of nitrogens with two attached hydrogens (primary N) is 1. The Labute approximate surface area is 110 Å². The van der Waals surface area contributed by atoms with Crippen LogP contribution in [0.3, 0.4) is 0 Å². The molecule has 0 unspecified atom stereocenters. The van der Waals surface area contributed by atoms with E-state index in [4.69, 9.17) is 28.9 Å². The number of hydrogen-bond acceptors (Lipinski definition) is 2. The van der Waals surface area contributed by atoms with Gasteiger partial charge in [-0.25, -0.2) is 0 Å². The highest BCUT2D eigenvalue weighted by atomic mass is 35.5. The van der Waals surface area contributed by atoms with Crippen molar-refractivity contribution in [2.75, 3.05) is 11.1 Å². The molecule has 0 saturated heterocycles. The molecule has 17 heavy (non-hydrogen) atoms. The Kier molecular flexibility index (Phi) is 3.46. The molecule has 0 aliphatic carbocycles. The normalized spacial score (nSPS) is 10.3. The van der Waals surface area contributed by atoms with Gasteiger partial charge in [0.05, 0.1) is 16.4 Å². The van der Waals surface area contributed by atoms with Crippen LogP contribution in [0.1, 0.15) is 5.56 Å². The van der Waals surface area contributed by atoms with Gasteiger partial charge in [0.1, 0.15) is 0 Å². The van der Waals surface area contributed by atoms with E-state index in [9.17, 15) is 0 Å². The van der Waals surface area contributed by atoms with Crippen LogP contribution in [0.2, 0.25) is 10.0 Å². The highest BCUT2D eigenvalue weighted by molar-refractivity contribution is 6.33. The average molecular weight is 267 g/mol. The second-order valence-electron chi connectivity index (χ2n) is 3.74. The van der Waals surface area contributed by atoms with Gasteiger partial charge < -0.3 is 11.1 Å². The zero-order valence-corrected chi connectivity index (χ0v) is 10.8. The fourth-order valence-corrected chi connectivity index (χ4v) is 1.88. The summed E-state index contributed by atoms with van der Waals surface area (Å²) in [7, 11) is 0. The summed E-state index contributed by atoms with van der Waals surface area (Å²) in [4.78, 5) is 0. The number of anilines is 3. The van der Waals surface area contributed by atoms with Crippen LogP contribution >= 0.6 is 23.2 Å². The Morgan fingerprint density at radius 2 is 1.53 bits per heavy atom. The van der Waals surface area contributed by atoms with Crippen molar-refractivity contribution in [2.24, 2.45) is 0 Å². The monoisotopic (exact) mass is 266 g/mol. The lowest BCUT2D eigenvalue weighted by molar-refractivity contribution is 1.43. The predicted molar refractivity (Wildman–Crippen MR) is 75.3 cm³/mol. The smallest absolute Gasteiger partial charge is 0.0742 e. The second-order valence-corrected chi connectivity index (χ2v) is 4.55. The molecule has 0 radical (unpaired) electrons. The molecule has 3 N–H and O–H groups in total. The minimum Gasteiger partial charge on any atom is -0.396 e. The lowest BCUT2D eigenvalue weighted by atomic mass is 10.2. The van der Waals surface area contributed by atoms with Crippen molar-refractivity contribution in [3.8, 4) is 0 Å². The lowest BCUT2D eigenvalue weighted by Gasteiger charge is -2.13. The Hall–Kier alpha value is -1.38. The molecule has 0 spiro atoms. The van der Waals surface area contributed by atoms with Crippen LogP contribution in [-0.4, -0.2) is 0 Å². The van der Waals surface area contributed by atoms with Crippen LogP contribution in [0.15, 0.2) is 36.4 Å². The second kappa shape index (κ2) is 4.86. The minimum atomic E-state index is 0.536. The van der Waals surface area contributed by atoms with Gasteiger partial charge in [0.25, 0.3) is 0 Å². The van der Waals surface area contributed by atoms with Gasteiger partial charge in [-0.2, -0.15) is 0 Å². The first-order chi connectivity index (χ1) is 8.09. The zero-order chi connectivity index (χ0) is 12.4. The van der Waals surface area contributed by atoms with E-state index in [0.29, 0.717) is 10.7 Å². The van der Waals surface area contributed by atoms with Crippen LogP contribution in [0.5, 0.6) is 0 Å². The van der Waals surface area contributed by atoms with Gasteiger partial charge >= 0.3 is 0 Å². The van der Waals surface area contributed by atoms with Gasteiger partial charge in [-0.15, -0.1) is 0 Å². The molecule has 0 aliphatic heterocycles. The first kappa shape index (κ1) is 12.1. The molecule has 0 bridgehead atoms. The number of nitrogen functional groups attached to an aromatic ring is 1. The molecular weight excluding hydrogens is 255 g/mol. The number of benzene rings is 2. The maximum absolute atomic E-state index is 6.05. The van der Waals surface area contributed by atoms with Gasteiger partial charge in [-0.1, -0.05) is 35.3 Å². The van der Waals surface area contributed by atoms with Gasteiger partial charge in [-0.05, 0) is 36.8 Å². The van der Waals surface area contributed by atoms with E-state index in [0.717, 1.165) is 22.0 Å². The zero-order valence-electron chi connectivity index (χ0n) is 9.30. The summed E-state index contributed by atoms with van der Waals surface area (Å²) in [6.45, 7) is 1.95. The van der Waals surface area contributed by atoms with E-state index in [1.54, 1.807) is 6.07 Å². The first-order valence-corrected chi connectivity index (χ1v) is 5.91. The van der Waals surface area contributed by atoms with E-state index >= 15 is 0 Å². The molecule has 0 heterocycles. The molecule has 0 aromatic heterocycles. The van der Waals surface area contributed by atoms with Crippen LogP contribution in [-0.2, 0) is 0 Å². The summed E-state index contributed by atoms with van der Waals surface area (Å²) in [5.74, 6) is 0. The van der Waals surface area contributed by atoms with E-state index in [1.165, 1.54) is 0 Å². The fourth-order valence-electron chi connectivity index (χ4n) is 1.53. The molecule has 2 rings (SSSR count). The van der Waals surface area contributed by atoms with E-state index < -0.39 is 0 Å². The van der Waals surface area contributed by atoms with Crippen LogP contribution in [0.4, 0.5) is 17.1 Å². The molecule has 2 aromatic rings. The number of para-hydroxylation sites is 1. The number of hydrogen-bond donors (Lipinski definition) is 2. The number of nitrogens with one attached hydrogen (secondary N) is 1.